The Morgan fingerprint density at radius 3 is 2.66 bits per heavy atom. The first-order chi connectivity index (χ1) is 13.9. The SMILES string of the molecule is CC(C)c1cc(-c2onc(C#N)c2-c2ccc3c(c2)CCN(C)C3)c(O)cc1O. The van der Waals surface area contributed by atoms with Crippen LogP contribution in [0.4, 0.5) is 0 Å². The number of hydrogen-bond acceptors (Lipinski definition) is 6. The van der Waals surface area contributed by atoms with Crippen LogP contribution in [0.25, 0.3) is 22.5 Å². The number of fused-ring (bicyclic) bond motifs is 1. The van der Waals surface area contributed by atoms with Crippen LogP contribution in [0.3, 0.4) is 0 Å². The molecule has 3 aromatic rings. The molecule has 6 nitrogen and oxygen atoms in total. The molecule has 0 saturated carbocycles. The summed E-state index contributed by atoms with van der Waals surface area (Å²) in [6.07, 6.45) is 0.935. The first kappa shape index (κ1) is 19.0. The number of rotatable bonds is 3. The highest BCUT2D eigenvalue weighted by molar-refractivity contribution is 5.86. The van der Waals surface area contributed by atoms with Crippen molar-refractivity contribution in [2.24, 2.45) is 0 Å². The van der Waals surface area contributed by atoms with Crippen molar-refractivity contribution in [2.75, 3.05) is 13.6 Å². The minimum atomic E-state index is -0.117. The van der Waals surface area contributed by atoms with Gasteiger partial charge in [0.1, 0.15) is 17.6 Å². The van der Waals surface area contributed by atoms with Gasteiger partial charge in [-0.2, -0.15) is 5.26 Å². The average molecular weight is 389 g/mol. The Hall–Kier alpha value is -3.30. The molecule has 1 aliphatic rings. The summed E-state index contributed by atoms with van der Waals surface area (Å²) in [6, 6.07) is 11.2. The molecular weight excluding hydrogens is 366 g/mol. The largest absolute Gasteiger partial charge is 0.508 e. The number of phenolic OH excluding ortho intramolecular Hbond substituents is 2. The van der Waals surface area contributed by atoms with Gasteiger partial charge in [0.25, 0.3) is 0 Å². The van der Waals surface area contributed by atoms with E-state index in [2.05, 4.69) is 35.3 Å². The fourth-order valence-corrected chi connectivity index (χ4v) is 3.91. The van der Waals surface area contributed by atoms with Crippen LogP contribution >= 0.6 is 0 Å². The zero-order valence-electron chi connectivity index (χ0n) is 16.7. The molecule has 0 amide bonds. The maximum absolute atomic E-state index is 10.5. The number of aromatic nitrogens is 1. The number of phenols is 2. The molecule has 29 heavy (non-hydrogen) atoms. The molecule has 0 spiro atoms. The minimum absolute atomic E-state index is 0.0284. The molecule has 6 heteroatoms. The number of nitrogens with zero attached hydrogens (tertiary/aromatic N) is 3. The van der Waals surface area contributed by atoms with Gasteiger partial charge in [-0.15, -0.1) is 0 Å². The second kappa shape index (κ2) is 7.26. The highest BCUT2D eigenvalue weighted by atomic mass is 16.5. The summed E-state index contributed by atoms with van der Waals surface area (Å²) in [6.45, 7) is 5.79. The van der Waals surface area contributed by atoms with Gasteiger partial charge in [0.2, 0.25) is 0 Å². The maximum Gasteiger partial charge on any atom is 0.191 e. The van der Waals surface area contributed by atoms with Crippen molar-refractivity contribution in [1.29, 1.82) is 5.26 Å². The normalized spacial score (nSPS) is 14.0. The Morgan fingerprint density at radius 2 is 1.93 bits per heavy atom. The van der Waals surface area contributed by atoms with E-state index in [1.165, 1.54) is 17.2 Å². The summed E-state index contributed by atoms with van der Waals surface area (Å²) in [5, 5.41) is 34.2. The predicted molar refractivity (Wildman–Crippen MR) is 110 cm³/mol. The number of likely N-dealkylation sites (N-methyl/N-ethyl adjacent to an activating group) is 1. The highest BCUT2D eigenvalue weighted by Crippen LogP contribution is 2.43. The van der Waals surface area contributed by atoms with Crippen LogP contribution in [0.2, 0.25) is 0 Å². The molecule has 0 bridgehead atoms. The van der Waals surface area contributed by atoms with Crippen molar-refractivity contribution in [1.82, 2.24) is 10.1 Å². The molecule has 2 heterocycles. The highest BCUT2D eigenvalue weighted by Gasteiger charge is 2.25. The van der Waals surface area contributed by atoms with E-state index in [9.17, 15) is 15.5 Å². The Bertz CT molecular complexity index is 1130. The minimum Gasteiger partial charge on any atom is -0.508 e. The van der Waals surface area contributed by atoms with Gasteiger partial charge >= 0.3 is 0 Å². The summed E-state index contributed by atoms with van der Waals surface area (Å²) in [5.41, 5.74) is 5.18. The van der Waals surface area contributed by atoms with Gasteiger partial charge in [-0.25, -0.2) is 0 Å². The van der Waals surface area contributed by atoms with Crippen molar-refractivity contribution in [3.05, 3.63) is 52.7 Å². The van der Waals surface area contributed by atoms with Crippen molar-refractivity contribution in [2.45, 2.75) is 32.7 Å². The average Bonchev–Trinajstić information content (AvgIpc) is 3.11. The molecule has 1 aromatic heterocycles. The van der Waals surface area contributed by atoms with E-state index in [0.717, 1.165) is 25.1 Å². The molecular formula is C23H23N3O3. The Labute approximate surface area is 169 Å². The Morgan fingerprint density at radius 1 is 1.14 bits per heavy atom. The van der Waals surface area contributed by atoms with Crippen LogP contribution < -0.4 is 0 Å². The van der Waals surface area contributed by atoms with Gasteiger partial charge in [0, 0.05) is 19.2 Å². The van der Waals surface area contributed by atoms with Crippen LogP contribution in [0.1, 0.15) is 42.1 Å². The fraction of sp³-hybridized carbons (Fsp3) is 0.304. The van der Waals surface area contributed by atoms with Crippen LogP contribution in [-0.2, 0) is 13.0 Å². The van der Waals surface area contributed by atoms with Crippen molar-refractivity contribution in [3.8, 4) is 40.0 Å². The standard InChI is InChI=1S/C23H23N3O3/c1-13(2)17-9-18(21(28)10-20(17)27)23-22(19(11-24)25-29-23)15-4-5-16-12-26(3)7-6-14(16)8-15/h4-5,8-10,13,27-28H,6-7,12H2,1-3H3. The molecule has 0 saturated heterocycles. The van der Waals surface area contributed by atoms with E-state index in [1.807, 2.05) is 19.9 Å². The Kier molecular flexibility index (Phi) is 4.77. The smallest absolute Gasteiger partial charge is 0.191 e. The van der Waals surface area contributed by atoms with E-state index in [-0.39, 0.29) is 23.1 Å². The second-order valence-electron chi connectivity index (χ2n) is 7.90. The number of hydrogen-bond donors (Lipinski definition) is 2. The zero-order chi connectivity index (χ0) is 20.7. The third-order valence-electron chi connectivity index (χ3n) is 5.51. The first-order valence-corrected chi connectivity index (χ1v) is 9.65. The molecule has 0 radical (unpaired) electrons. The molecule has 0 unspecified atom stereocenters. The zero-order valence-corrected chi connectivity index (χ0v) is 16.7. The lowest BCUT2D eigenvalue weighted by atomic mass is 9.91. The summed E-state index contributed by atoms with van der Waals surface area (Å²) in [5.74, 6) is 0.291. The molecule has 2 aromatic carbocycles. The quantitative estimate of drug-likeness (QED) is 0.689. The van der Waals surface area contributed by atoms with Crippen LogP contribution in [-0.4, -0.2) is 33.9 Å². The van der Waals surface area contributed by atoms with Crippen molar-refractivity contribution in [3.63, 3.8) is 0 Å². The molecule has 0 atom stereocenters. The van der Waals surface area contributed by atoms with E-state index < -0.39 is 0 Å². The molecule has 0 fully saturated rings. The summed E-state index contributed by atoms with van der Waals surface area (Å²) in [7, 11) is 2.10. The molecule has 0 aliphatic carbocycles. The lowest BCUT2D eigenvalue weighted by Gasteiger charge is -2.25. The molecule has 1 aliphatic heterocycles. The van der Waals surface area contributed by atoms with E-state index >= 15 is 0 Å². The van der Waals surface area contributed by atoms with Crippen molar-refractivity contribution < 1.29 is 14.7 Å². The van der Waals surface area contributed by atoms with E-state index in [4.69, 9.17) is 4.52 Å². The summed E-state index contributed by atoms with van der Waals surface area (Å²) < 4.78 is 5.52. The van der Waals surface area contributed by atoms with Gasteiger partial charge in [-0.1, -0.05) is 37.2 Å². The van der Waals surface area contributed by atoms with Crippen LogP contribution in [0, 0.1) is 11.3 Å². The summed E-state index contributed by atoms with van der Waals surface area (Å²) in [4.78, 5) is 2.27. The topological polar surface area (TPSA) is 93.5 Å². The number of aromatic hydroxyl groups is 2. The number of benzene rings is 2. The molecule has 2 N–H and O–H groups in total. The van der Waals surface area contributed by atoms with E-state index in [1.54, 1.807) is 6.07 Å². The van der Waals surface area contributed by atoms with Crippen LogP contribution in [0.5, 0.6) is 11.5 Å². The molecule has 4 rings (SSSR count). The first-order valence-electron chi connectivity index (χ1n) is 9.65. The third kappa shape index (κ3) is 3.34. The number of nitriles is 1. The van der Waals surface area contributed by atoms with E-state index in [0.29, 0.717) is 22.5 Å². The van der Waals surface area contributed by atoms with Gasteiger partial charge in [-0.3, -0.25) is 0 Å². The lowest BCUT2D eigenvalue weighted by molar-refractivity contribution is 0.313. The lowest BCUT2D eigenvalue weighted by Crippen LogP contribution is -2.26. The molecule has 148 valence electrons. The van der Waals surface area contributed by atoms with Gasteiger partial charge in [0.15, 0.2) is 11.5 Å². The fourth-order valence-electron chi connectivity index (χ4n) is 3.91. The van der Waals surface area contributed by atoms with Crippen molar-refractivity contribution >= 4 is 0 Å². The second-order valence-corrected chi connectivity index (χ2v) is 7.90. The van der Waals surface area contributed by atoms with Gasteiger partial charge < -0.3 is 19.6 Å². The third-order valence-corrected chi connectivity index (χ3v) is 5.51. The maximum atomic E-state index is 10.5. The van der Waals surface area contributed by atoms with Crippen LogP contribution in [0.15, 0.2) is 34.9 Å². The summed E-state index contributed by atoms with van der Waals surface area (Å²) >= 11 is 0. The predicted octanol–water partition coefficient (Wildman–Crippen LogP) is 4.40. The van der Waals surface area contributed by atoms with Gasteiger partial charge in [-0.05, 0) is 47.7 Å². The Balaban J connectivity index is 1.89. The monoisotopic (exact) mass is 389 g/mol. The van der Waals surface area contributed by atoms with Gasteiger partial charge in [0.05, 0.1) is 11.1 Å².